The van der Waals surface area contributed by atoms with Gasteiger partial charge in [0, 0.05) is 16.0 Å². The van der Waals surface area contributed by atoms with E-state index in [2.05, 4.69) is 15.5 Å². The van der Waals surface area contributed by atoms with E-state index in [4.69, 9.17) is 4.18 Å². The van der Waals surface area contributed by atoms with E-state index in [-0.39, 0.29) is 10.6 Å². The van der Waals surface area contributed by atoms with E-state index in [9.17, 15) is 8.42 Å². The van der Waals surface area contributed by atoms with Gasteiger partial charge in [0.1, 0.15) is 4.90 Å². The summed E-state index contributed by atoms with van der Waals surface area (Å²) in [6, 6.07) is 23.3. The number of thiazole rings is 1. The van der Waals surface area contributed by atoms with Crippen LogP contribution in [0.3, 0.4) is 0 Å². The highest BCUT2D eigenvalue weighted by molar-refractivity contribution is 7.87. The van der Waals surface area contributed by atoms with Crippen molar-refractivity contribution >= 4 is 32.8 Å². The van der Waals surface area contributed by atoms with Crippen molar-refractivity contribution in [2.45, 2.75) is 18.7 Å². The predicted molar refractivity (Wildman–Crippen MR) is 129 cm³/mol. The summed E-state index contributed by atoms with van der Waals surface area (Å²) in [5, 5.41) is 4.87. The van der Waals surface area contributed by atoms with Gasteiger partial charge in [-0.05, 0) is 38.1 Å². The minimum atomic E-state index is -3.96. The lowest BCUT2D eigenvalue weighted by molar-refractivity contribution is 0.485. The molecule has 0 radical (unpaired) electrons. The number of rotatable bonds is 7. The second-order valence-electron chi connectivity index (χ2n) is 7.05. The minimum absolute atomic E-state index is 0.0969. The van der Waals surface area contributed by atoms with E-state index in [1.165, 1.54) is 29.7 Å². The fourth-order valence-electron chi connectivity index (χ4n) is 3.00. The average Bonchev–Trinajstić information content (AvgIpc) is 3.16. The zero-order chi connectivity index (χ0) is 22.6. The van der Waals surface area contributed by atoms with Gasteiger partial charge in [0.05, 0.1) is 11.9 Å². The van der Waals surface area contributed by atoms with Gasteiger partial charge in [-0.3, -0.25) is 5.43 Å². The van der Waals surface area contributed by atoms with Gasteiger partial charge in [0.2, 0.25) is 5.13 Å². The first-order valence-electron chi connectivity index (χ1n) is 9.84. The number of nitrogens with one attached hydrogen (secondary N) is 1. The van der Waals surface area contributed by atoms with Crippen LogP contribution < -0.4 is 9.61 Å². The quantitative estimate of drug-likeness (QED) is 0.218. The third-order valence-electron chi connectivity index (χ3n) is 4.64. The van der Waals surface area contributed by atoms with Crippen molar-refractivity contribution in [3.63, 3.8) is 0 Å². The van der Waals surface area contributed by atoms with Crippen molar-refractivity contribution in [2.75, 3.05) is 5.43 Å². The van der Waals surface area contributed by atoms with Crippen LogP contribution in [0.5, 0.6) is 5.75 Å². The Balaban J connectivity index is 1.51. The first-order valence-corrected chi connectivity index (χ1v) is 12.1. The monoisotopic (exact) mass is 463 g/mol. The lowest BCUT2D eigenvalue weighted by Crippen LogP contribution is -2.11. The zero-order valence-corrected chi connectivity index (χ0v) is 19.2. The first-order chi connectivity index (χ1) is 15.4. The van der Waals surface area contributed by atoms with Gasteiger partial charge < -0.3 is 4.18 Å². The molecule has 4 rings (SSSR count). The average molecular weight is 464 g/mol. The van der Waals surface area contributed by atoms with Crippen LogP contribution in [-0.2, 0) is 10.1 Å². The Morgan fingerprint density at radius 1 is 0.938 bits per heavy atom. The van der Waals surface area contributed by atoms with Crippen molar-refractivity contribution in [2.24, 2.45) is 5.10 Å². The van der Waals surface area contributed by atoms with Crippen molar-refractivity contribution in [1.82, 2.24) is 4.98 Å². The summed E-state index contributed by atoms with van der Waals surface area (Å²) in [5.41, 5.74) is 6.36. The molecule has 6 nitrogen and oxygen atoms in total. The third-order valence-corrected chi connectivity index (χ3v) is 6.76. The molecule has 0 unspecified atom stereocenters. The molecule has 0 atom stereocenters. The molecule has 0 aliphatic rings. The molecule has 4 aromatic rings. The van der Waals surface area contributed by atoms with Crippen LogP contribution in [0.2, 0.25) is 0 Å². The Labute approximate surface area is 191 Å². The fourth-order valence-corrected chi connectivity index (χ4v) is 4.74. The van der Waals surface area contributed by atoms with Crippen LogP contribution in [0.15, 0.2) is 88.9 Å². The molecule has 0 fully saturated rings. The second-order valence-corrected chi connectivity index (χ2v) is 9.80. The Morgan fingerprint density at radius 3 is 2.38 bits per heavy atom. The molecule has 0 spiro atoms. The number of hydrogen-bond acceptors (Lipinski definition) is 7. The van der Waals surface area contributed by atoms with E-state index >= 15 is 0 Å². The Morgan fingerprint density at radius 2 is 1.62 bits per heavy atom. The maximum atomic E-state index is 12.6. The number of hydrogen-bond donors (Lipinski definition) is 1. The number of anilines is 1. The Hall–Kier alpha value is -3.49. The molecule has 1 aromatic heterocycles. The van der Waals surface area contributed by atoms with Crippen LogP contribution in [0.25, 0.3) is 11.3 Å². The molecule has 162 valence electrons. The summed E-state index contributed by atoms with van der Waals surface area (Å²) in [4.78, 5) is 5.77. The molecule has 32 heavy (non-hydrogen) atoms. The number of aryl methyl sites for hydroxylation is 2. The summed E-state index contributed by atoms with van der Waals surface area (Å²) in [6.45, 7) is 3.90. The second kappa shape index (κ2) is 9.33. The van der Waals surface area contributed by atoms with Crippen molar-refractivity contribution < 1.29 is 12.6 Å². The SMILES string of the molecule is Cc1ccc(S(=O)(=O)Oc2ccccc2C=NNc2nc(-c3ccccc3)c(C)s2)cc1. The highest BCUT2D eigenvalue weighted by Gasteiger charge is 2.18. The molecule has 0 amide bonds. The van der Waals surface area contributed by atoms with E-state index in [1.807, 2.05) is 44.2 Å². The molecule has 0 aliphatic carbocycles. The largest absolute Gasteiger partial charge is 0.378 e. The van der Waals surface area contributed by atoms with Gasteiger partial charge in [0.15, 0.2) is 5.75 Å². The van der Waals surface area contributed by atoms with E-state index in [0.29, 0.717) is 10.7 Å². The fraction of sp³-hybridized carbons (Fsp3) is 0.0833. The van der Waals surface area contributed by atoms with Crippen molar-refractivity contribution in [3.05, 3.63) is 94.9 Å². The molecule has 8 heteroatoms. The lowest BCUT2D eigenvalue weighted by atomic mass is 10.1. The van der Waals surface area contributed by atoms with E-state index in [1.54, 1.807) is 36.4 Å². The van der Waals surface area contributed by atoms with Crippen LogP contribution in [0, 0.1) is 13.8 Å². The molecule has 0 saturated carbocycles. The summed E-state index contributed by atoms with van der Waals surface area (Å²) in [5.74, 6) is 0.193. The lowest BCUT2D eigenvalue weighted by Gasteiger charge is -2.09. The summed E-state index contributed by atoms with van der Waals surface area (Å²) in [7, 11) is -3.96. The minimum Gasteiger partial charge on any atom is -0.378 e. The van der Waals surface area contributed by atoms with Gasteiger partial charge >= 0.3 is 10.1 Å². The number of benzene rings is 3. The van der Waals surface area contributed by atoms with E-state index in [0.717, 1.165) is 21.7 Å². The maximum absolute atomic E-state index is 12.6. The highest BCUT2D eigenvalue weighted by Crippen LogP contribution is 2.30. The molecular formula is C24H21N3O3S2. The van der Waals surface area contributed by atoms with Gasteiger partial charge in [0.25, 0.3) is 0 Å². The zero-order valence-electron chi connectivity index (χ0n) is 17.5. The maximum Gasteiger partial charge on any atom is 0.339 e. The summed E-state index contributed by atoms with van der Waals surface area (Å²) in [6.07, 6.45) is 1.51. The highest BCUT2D eigenvalue weighted by atomic mass is 32.2. The standard InChI is InChI=1S/C24H21N3O3S2/c1-17-12-14-21(15-13-17)32(28,29)30-22-11-7-6-10-20(22)16-25-27-24-26-23(18(2)31-24)19-8-4-3-5-9-19/h3-16H,1-2H3,(H,26,27). The number of nitrogens with zero attached hydrogens (tertiary/aromatic N) is 2. The third kappa shape index (κ3) is 5.04. The molecule has 3 aromatic carbocycles. The van der Waals surface area contributed by atoms with Crippen LogP contribution in [-0.4, -0.2) is 19.6 Å². The first kappa shape index (κ1) is 21.7. The van der Waals surface area contributed by atoms with Crippen molar-refractivity contribution in [1.29, 1.82) is 0 Å². The molecule has 0 saturated heterocycles. The molecule has 0 bridgehead atoms. The number of hydrazone groups is 1. The van der Waals surface area contributed by atoms with Crippen LogP contribution in [0.1, 0.15) is 16.0 Å². The summed E-state index contributed by atoms with van der Waals surface area (Å²) < 4.78 is 30.7. The molecule has 1 heterocycles. The smallest absolute Gasteiger partial charge is 0.339 e. The van der Waals surface area contributed by atoms with Gasteiger partial charge in [-0.2, -0.15) is 13.5 Å². The van der Waals surface area contributed by atoms with Crippen LogP contribution in [0.4, 0.5) is 5.13 Å². The van der Waals surface area contributed by atoms with Gasteiger partial charge in [-0.25, -0.2) is 4.98 Å². The summed E-state index contributed by atoms with van der Waals surface area (Å²) >= 11 is 1.49. The molecule has 0 aliphatic heterocycles. The normalized spacial score (nSPS) is 11.6. The van der Waals surface area contributed by atoms with Gasteiger partial charge in [-0.1, -0.05) is 60.2 Å². The van der Waals surface area contributed by atoms with Crippen molar-refractivity contribution in [3.8, 4) is 17.0 Å². The van der Waals surface area contributed by atoms with Crippen LogP contribution >= 0.6 is 11.3 Å². The predicted octanol–water partition coefficient (Wildman–Crippen LogP) is 5.64. The topological polar surface area (TPSA) is 80.7 Å². The molecular weight excluding hydrogens is 442 g/mol. The number of para-hydroxylation sites is 1. The molecule has 1 N–H and O–H groups in total. The van der Waals surface area contributed by atoms with E-state index < -0.39 is 10.1 Å². The number of aromatic nitrogens is 1. The Bertz CT molecular complexity index is 1350. The Kier molecular flexibility index (Phi) is 6.34. The van der Waals surface area contributed by atoms with Gasteiger partial charge in [-0.15, -0.1) is 11.3 Å².